The number of hydrogen-bond donors (Lipinski definition) is 3. The number of nitrogens with one attached hydrogen (secondary N) is 1. The van der Waals surface area contributed by atoms with Crippen molar-refractivity contribution in [2.75, 3.05) is 16.8 Å². The van der Waals surface area contributed by atoms with Gasteiger partial charge in [0.05, 0.1) is 11.0 Å². The van der Waals surface area contributed by atoms with Gasteiger partial charge in [0.1, 0.15) is 11.6 Å². The summed E-state index contributed by atoms with van der Waals surface area (Å²) in [5.41, 5.74) is 11.0. The molecule has 5 N–H and O–H groups in total. The van der Waals surface area contributed by atoms with Crippen LogP contribution >= 0.6 is 0 Å². The Labute approximate surface area is 80.7 Å². The topological polar surface area (TPSA) is 107 Å². The summed E-state index contributed by atoms with van der Waals surface area (Å²) < 4.78 is 0. The SMILES string of the molecule is CC1(C)C(=O)Nc2nc(N)nc(N)c21. The molecule has 1 amide bonds. The molecule has 0 radical (unpaired) electrons. The van der Waals surface area contributed by atoms with Crippen LogP contribution in [0.1, 0.15) is 19.4 Å². The summed E-state index contributed by atoms with van der Waals surface area (Å²) >= 11 is 0. The van der Waals surface area contributed by atoms with Crippen molar-refractivity contribution < 1.29 is 4.79 Å². The molecule has 2 heterocycles. The molecule has 1 aromatic heterocycles. The summed E-state index contributed by atoms with van der Waals surface area (Å²) in [5, 5.41) is 2.62. The maximum Gasteiger partial charge on any atom is 0.235 e. The summed E-state index contributed by atoms with van der Waals surface area (Å²) in [4.78, 5) is 19.3. The molecule has 2 rings (SSSR count). The smallest absolute Gasteiger partial charge is 0.235 e. The third kappa shape index (κ3) is 0.935. The lowest BCUT2D eigenvalue weighted by molar-refractivity contribution is -0.119. The molecule has 6 heteroatoms. The summed E-state index contributed by atoms with van der Waals surface area (Å²) in [7, 11) is 0. The fourth-order valence-electron chi connectivity index (χ4n) is 1.58. The first-order valence-corrected chi connectivity index (χ1v) is 4.18. The molecule has 14 heavy (non-hydrogen) atoms. The highest BCUT2D eigenvalue weighted by molar-refractivity contribution is 6.06. The fourth-order valence-corrected chi connectivity index (χ4v) is 1.58. The van der Waals surface area contributed by atoms with Crippen molar-refractivity contribution in [2.45, 2.75) is 19.3 Å². The number of nitrogen functional groups attached to an aromatic ring is 2. The van der Waals surface area contributed by atoms with E-state index < -0.39 is 5.41 Å². The van der Waals surface area contributed by atoms with Crippen LogP contribution in [0.2, 0.25) is 0 Å². The fraction of sp³-hybridized carbons (Fsp3) is 0.375. The molecular weight excluding hydrogens is 182 g/mol. The third-order valence-electron chi connectivity index (χ3n) is 2.38. The van der Waals surface area contributed by atoms with Crippen LogP contribution in [0.4, 0.5) is 17.6 Å². The van der Waals surface area contributed by atoms with Gasteiger partial charge in [0.15, 0.2) is 0 Å². The molecular formula is C8H11N5O. The average Bonchev–Trinajstić information content (AvgIpc) is 2.21. The van der Waals surface area contributed by atoms with E-state index in [2.05, 4.69) is 15.3 Å². The van der Waals surface area contributed by atoms with Crippen LogP contribution in [-0.2, 0) is 10.2 Å². The highest BCUT2D eigenvalue weighted by Gasteiger charge is 2.41. The van der Waals surface area contributed by atoms with E-state index in [1.54, 1.807) is 13.8 Å². The van der Waals surface area contributed by atoms with Crippen LogP contribution in [0.5, 0.6) is 0 Å². The van der Waals surface area contributed by atoms with Crippen molar-refractivity contribution in [1.29, 1.82) is 0 Å². The van der Waals surface area contributed by atoms with E-state index in [1.165, 1.54) is 0 Å². The molecule has 0 spiro atoms. The molecule has 1 aromatic rings. The normalized spacial score (nSPS) is 17.7. The highest BCUT2D eigenvalue weighted by Crippen LogP contribution is 2.39. The van der Waals surface area contributed by atoms with Gasteiger partial charge in [0, 0.05) is 0 Å². The number of rotatable bonds is 0. The Balaban J connectivity index is 2.71. The van der Waals surface area contributed by atoms with Crippen molar-refractivity contribution >= 4 is 23.5 Å². The van der Waals surface area contributed by atoms with Crippen molar-refractivity contribution in [2.24, 2.45) is 0 Å². The zero-order valence-electron chi connectivity index (χ0n) is 7.96. The minimum absolute atomic E-state index is 0.0688. The lowest BCUT2D eigenvalue weighted by atomic mass is 9.87. The number of amides is 1. The standard InChI is InChI=1S/C8H11N5O/c1-8(2)3-4(9)11-7(10)13-5(3)12-6(8)14/h1-2H3,(H5,9,10,11,12,13,14). The number of nitrogens with zero attached hydrogens (tertiary/aromatic N) is 2. The van der Waals surface area contributed by atoms with Crippen molar-refractivity contribution in [3.8, 4) is 0 Å². The van der Waals surface area contributed by atoms with E-state index >= 15 is 0 Å². The molecule has 0 aromatic carbocycles. The number of fused-ring (bicyclic) bond motifs is 1. The zero-order valence-corrected chi connectivity index (χ0v) is 7.96. The molecule has 74 valence electrons. The number of carbonyl (C=O) groups excluding carboxylic acids is 1. The molecule has 0 bridgehead atoms. The first-order valence-electron chi connectivity index (χ1n) is 4.18. The van der Waals surface area contributed by atoms with Crippen molar-refractivity contribution in [3.63, 3.8) is 0 Å². The van der Waals surface area contributed by atoms with Crippen molar-refractivity contribution in [1.82, 2.24) is 9.97 Å². The van der Waals surface area contributed by atoms with Gasteiger partial charge in [-0.05, 0) is 13.8 Å². The Bertz CT molecular complexity index is 426. The summed E-state index contributed by atoms with van der Waals surface area (Å²) in [5.74, 6) is 0.610. The minimum Gasteiger partial charge on any atom is -0.383 e. The first kappa shape index (κ1) is 8.74. The van der Waals surface area contributed by atoms with Gasteiger partial charge in [0.25, 0.3) is 0 Å². The largest absolute Gasteiger partial charge is 0.383 e. The maximum atomic E-state index is 11.5. The number of carbonyl (C=O) groups is 1. The van der Waals surface area contributed by atoms with Gasteiger partial charge in [-0.25, -0.2) is 0 Å². The number of aromatic nitrogens is 2. The Morgan fingerprint density at radius 3 is 2.57 bits per heavy atom. The molecule has 0 atom stereocenters. The Hall–Kier alpha value is -1.85. The average molecular weight is 193 g/mol. The minimum atomic E-state index is -0.687. The van der Waals surface area contributed by atoms with Gasteiger partial charge in [-0.2, -0.15) is 9.97 Å². The van der Waals surface area contributed by atoms with Crippen LogP contribution in [0.3, 0.4) is 0 Å². The Morgan fingerprint density at radius 1 is 1.29 bits per heavy atom. The predicted molar refractivity (Wildman–Crippen MR) is 52.5 cm³/mol. The second-order valence-electron chi connectivity index (χ2n) is 3.77. The number of anilines is 3. The van der Waals surface area contributed by atoms with Gasteiger partial charge in [0.2, 0.25) is 11.9 Å². The van der Waals surface area contributed by atoms with Crippen LogP contribution in [-0.4, -0.2) is 15.9 Å². The third-order valence-corrected chi connectivity index (χ3v) is 2.38. The van der Waals surface area contributed by atoms with Gasteiger partial charge in [-0.3, -0.25) is 4.79 Å². The maximum absolute atomic E-state index is 11.5. The van der Waals surface area contributed by atoms with E-state index in [0.717, 1.165) is 0 Å². The lowest BCUT2D eigenvalue weighted by Crippen LogP contribution is -2.27. The Kier molecular flexibility index (Phi) is 1.46. The second-order valence-corrected chi connectivity index (χ2v) is 3.77. The first-order chi connectivity index (χ1) is 6.43. The van der Waals surface area contributed by atoms with Gasteiger partial charge < -0.3 is 16.8 Å². The highest BCUT2D eigenvalue weighted by atomic mass is 16.2. The van der Waals surface area contributed by atoms with E-state index in [4.69, 9.17) is 11.5 Å². The Morgan fingerprint density at radius 2 is 1.93 bits per heavy atom. The summed E-state index contributed by atoms with van der Waals surface area (Å²) in [6.07, 6.45) is 0. The van der Waals surface area contributed by atoms with Crippen LogP contribution < -0.4 is 16.8 Å². The second kappa shape index (κ2) is 2.34. The lowest BCUT2D eigenvalue weighted by Gasteiger charge is -2.15. The number of hydrogen-bond acceptors (Lipinski definition) is 5. The molecule has 6 nitrogen and oxygen atoms in total. The quantitative estimate of drug-likeness (QED) is 0.532. The van der Waals surface area contributed by atoms with Gasteiger partial charge in [-0.1, -0.05) is 0 Å². The van der Waals surface area contributed by atoms with E-state index in [-0.39, 0.29) is 17.7 Å². The molecule has 0 aliphatic carbocycles. The molecule has 1 aliphatic rings. The monoisotopic (exact) mass is 193 g/mol. The van der Waals surface area contributed by atoms with Crippen LogP contribution in [0, 0.1) is 0 Å². The molecule has 0 saturated carbocycles. The van der Waals surface area contributed by atoms with Crippen LogP contribution in [0.15, 0.2) is 0 Å². The van der Waals surface area contributed by atoms with E-state index in [9.17, 15) is 4.79 Å². The molecule has 1 aliphatic heterocycles. The van der Waals surface area contributed by atoms with E-state index in [0.29, 0.717) is 11.4 Å². The molecule has 0 unspecified atom stereocenters. The molecule has 0 saturated heterocycles. The van der Waals surface area contributed by atoms with Gasteiger partial charge in [-0.15, -0.1) is 0 Å². The summed E-state index contributed by atoms with van der Waals surface area (Å²) in [6, 6.07) is 0. The molecule has 0 fully saturated rings. The van der Waals surface area contributed by atoms with E-state index in [1.807, 2.05) is 0 Å². The van der Waals surface area contributed by atoms with Crippen LogP contribution in [0.25, 0.3) is 0 Å². The zero-order chi connectivity index (χ0) is 10.5. The van der Waals surface area contributed by atoms with Crippen molar-refractivity contribution in [3.05, 3.63) is 5.56 Å². The number of nitrogens with two attached hydrogens (primary N) is 2. The summed E-state index contributed by atoms with van der Waals surface area (Å²) in [6.45, 7) is 3.54. The predicted octanol–water partition coefficient (Wildman–Crippen LogP) is -0.129. The van der Waals surface area contributed by atoms with Gasteiger partial charge >= 0.3 is 0 Å².